The van der Waals surface area contributed by atoms with E-state index in [4.69, 9.17) is 11.6 Å². The van der Waals surface area contributed by atoms with Crippen LogP contribution in [0.25, 0.3) is 0 Å². The van der Waals surface area contributed by atoms with Crippen LogP contribution < -0.4 is 0 Å². The number of hydrogen-bond donors (Lipinski definition) is 0. The zero-order chi connectivity index (χ0) is 13.1. The van der Waals surface area contributed by atoms with Crippen LogP contribution in [-0.4, -0.2) is 10.4 Å². The van der Waals surface area contributed by atoms with Crippen LogP contribution in [0.3, 0.4) is 0 Å². The summed E-state index contributed by atoms with van der Waals surface area (Å²) in [7, 11) is 0. The Hall–Kier alpha value is -0.860. The largest absolute Gasteiger partial charge is 0.253 e. The Morgan fingerprint density at radius 3 is 2.79 bits per heavy atom. The maximum atomic E-state index is 6.54. The molecule has 0 saturated heterocycles. The summed E-state index contributed by atoms with van der Waals surface area (Å²) in [5.41, 5.74) is 3.39. The molecule has 1 fully saturated rings. The predicted molar refractivity (Wildman–Crippen MR) is 82.0 cm³/mol. The van der Waals surface area contributed by atoms with Crippen molar-refractivity contribution in [2.45, 2.75) is 37.0 Å². The lowest BCUT2D eigenvalue weighted by atomic mass is 9.76. The Bertz CT molecular complexity index is 497. The van der Waals surface area contributed by atoms with E-state index in [2.05, 4.69) is 35.3 Å². The third-order valence-corrected chi connectivity index (χ3v) is 5.48. The molecule has 3 unspecified atom stereocenters. The van der Waals surface area contributed by atoms with E-state index in [1.54, 1.807) is 11.3 Å². The van der Waals surface area contributed by atoms with Crippen LogP contribution in [0.4, 0.5) is 0 Å². The molecule has 0 N–H and O–H groups in total. The molecule has 100 valence electrons. The van der Waals surface area contributed by atoms with Crippen molar-refractivity contribution in [3.8, 4) is 0 Å². The van der Waals surface area contributed by atoms with Gasteiger partial charge in [-0.25, -0.2) is 0 Å². The molecule has 1 aromatic carbocycles. The van der Waals surface area contributed by atoms with Gasteiger partial charge in [-0.3, -0.25) is 4.98 Å². The highest BCUT2D eigenvalue weighted by atomic mass is 35.5. The number of benzene rings is 1. The zero-order valence-electron chi connectivity index (χ0n) is 10.8. The first-order valence-electron chi connectivity index (χ1n) is 6.89. The van der Waals surface area contributed by atoms with Gasteiger partial charge in [0.25, 0.3) is 0 Å². The SMILES string of the molecule is ClC1CCC(c2ccccc2)CC1Cc1cncs1. The molecule has 0 aliphatic heterocycles. The Morgan fingerprint density at radius 1 is 1.21 bits per heavy atom. The fourth-order valence-electron chi connectivity index (χ4n) is 3.07. The molecule has 1 aromatic heterocycles. The van der Waals surface area contributed by atoms with Crippen molar-refractivity contribution in [3.63, 3.8) is 0 Å². The van der Waals surface area contributed by atoms with Gasteiger partial charge in [0, 0.05) is 16.5 Å². The molecule has 0 spiro atoms. The Balaban J connectivity index is 1.70. The monoisotopic (exact) mass is 291 g/mol. The van der Waals surface area contributed by atoms with Crippen molar-refractivity contribution in [1.29, 1.82) is 0 Å². The minimum atomic E-state index is 0.321. The molecule has 1 nitrogen and oxygen atoms in total. The molecule has 3 heteroatoms. The summed E-state index contributed by atoms with van der Waals surface area (Å²) in [6, 6.07) is 10.9. The van der Waals surface area contributed by atoms with Crippen molar-refractivity contribution < 1.29 is 0 Å². The Labute approximate surface area is 123 Å². The van der Waals surface area contributed by atoms with Gasteiger partial charge in [-0.05, 0) is 43.1 Å². The van der Waals surface area contributed by atoms with E-state index in [9.17, 15) is 0 Å². The van der Waals surface area contributed by atoms with Gasteiger partial charge < -0.3 is 0 Å². The maximum Gasteiger partial charge on any atom is 0.0794 e. The second-order valence-corrected chi connectivity index (χ2v) is 6.90. The summed E-state index contributed by atoms with van der Waals surface area (Å²) in [5, 5.41) is 0.321. The van der Waals surface area contributed by atoms with Crippen LogP contribution in [-0.2, 0) is 6.42 Å². The lowest BCUT2D eigenvalue weighted by molar-refractivity contribution is 0.328. The molecule has 19 heavy (non-hydrogen) atoms. The van der Waals surface area contributed by atoms with Crippen LogP contribution >= 0.6 is 22.9 Å². The van der Waals surface area contributed by atoms with Crippen LogP contribution in [0.2, 0.25) is 0 Å². The third kappa shape index (κ3) is 3.18. The average Bonchev–Trinajstić information content (AvgIpc) is 2.95. The van der Waals surface area contributed by atoms with Crippen LogP contribution in [0.5, 0.6) is 0 Å². The number of aromatic nitrogens is 1. The standard InChI is InChI=1S/C16H18ClNS/c17-16-7-6-13(12-4-2-1-3-5-12)8-14(16)9-15-10-18-11-19-15/h1-5,10-11,13-14,16H,6-9H2. The molecule has 1 aliphatic carbocycles. The highest BCUT2D eigenvalue weighted by Crippen LogP contribution is 2.40. The van der Waals surface area contributed by atoms with Crippen LogP contribution in [0.1, 0.15) is 35.6 Å². The highest BCUT2D eigenvalue weighted by molar-refractivity contribution is 7.09. The molecule has 2 aromatic rings. The van der Waals surface area contributed by atoms with Crippen molar-refractivity contribution in [1.82, 2.24) is 4.98 Å². The molecule has 3 rings (SSSR count). The van der Waals surface area contributed by atoms with Crippen molar-refractivity contribution in [2.24, 2.45) is 5.92 Å². The molecule has 0 amide bonds. The number of hydrogen-bond acceptors (Lipinski definition) is 2. The fourth-order valence-corrected chi connectivity index (χ4v) is 4.07. The minimum Gasteiger partial charge on any atom is -0.253 e. The summed E-state index contributed by atoms with van der Waals surface area (Å²) >= 11 is 8.28. The first-order valence-corrected chi connectivity index (χ1v) is 8.21. The fraction of sp³-hybridized carbons (Fsp3) is 0.438. The quantitative estimate of drug-likeness (QED) is 0.735. The van der Waals surface area contributed by atoms with E-state index in [1.807, 2.05) is 11.7 Å². The second kappa shape index (κ2) is 6.06. The van der Waals surface area contributed by atoms with Gasteiger partial charge in [0.1, 0.15) is 0 Å². The van der Waals surface area contributed by atoms with Gasteiger partial charge in [0.15, 0.2) is 0 Å². The molecule has 1 heterocycles. The summed E-state index contributed by atoms with van der Waals surface area (Å²) < 4.78 is 0. The van der Waals surface area contributed by atoms with E-state index in [0.717, 1.165) is 12.8 Å². The number of rotatable bonds is 3. The maximum absolute atomic E-state index is 6.54. The van der Waals surface area contributed by atoms with E-state index in [1.165, 1.54) is 23.3 Å². The third-order valence-electron chi connectivity index (χ3n) is 4.11. The van der Waals surface area contributed by atoms with Crippen molar-refractivity contribution >= 4 is 22.9 Å². The topological polar surface area (TPSA) is 12.9 Å². The lowest BCUT2D eigenvalue weighted by Gasteiger charge is -2.33. The second-order valence-electron chi connectivity index (χ2n) is 5.37. The summed E-state index contributed by atoms with van der Waals surface area (Å²) in [4.78, 5) is 5.53. The van der Waals surface area contributed by atoms with Crippen LogP contribution in [0, 0.1) is 5.92 Å². The summed E-state index contributed by atoms with van der Waals surface area (Å²) in [5.74, 6) is 1.26. The summed E-state index contributed by atoms with van der Waals surface area (Å²) in [6.07, 6.45) is 6.63. The lowest BCUT2D eigenvalue weighted by Crippen LogP contribution is -2.26. The first-order chi connectivity index (χ1) is 9.33. The molecule has 0 radical (unpaired) electrons. The molecular formula is C16H18ClNS. The molecule has 1 saturated carbocycles. The van der Waals surface area contributed by atoms with Gasteiger partial charge in [0.05, 0.1) is 5.51 Å². The molecule has 0 bridgehead atoms. The number of alkyl halides is 1. The summed E-state index contributed by atoms with van der Waals surface area (Å²) in [6.45, 7) is 0. The van der Waals surface area contributed by atoms with Gasteiger partial charge in [-0.2, -0.15) is 0 Å². The van der Waals surface area contributed by atoms with Crippen molar-refractivity contribution in [2.75, 3.05) is 0 Å². The smallest absolute Gasteiger partial charge is 0.0794 e. The molecule has 1 aliphatic rings. The Kier molecular flexibility index (Phi) is 4.19. The Morgan fingerprint density at radius 2 is 2.05 bits per heavy atom. The van der Waals surface area contributed by atoms with E-state index >= 15 is 0 Å². The normalized spacial score (nSPS) is 27.3. The van der Waals surface area contributed by atoms with Gasteiger partial charge in [-0.15, -0.1) is 22.9 Å². The van der Waals surface area contributed by atoms with Crippen molar-refractivity contribution in [3.05, 3.63) is 52.5 Å². The van der Waals surface area contributed by atoms with E-state index < -0.39 is 0 Å². The highest BCUT2D eigenvalue weighted by Gasteiger charge is 2.30. The van der Waals surface area contributed by atoms with Gasteiger partial charge in [0.2, 0.25) is 0 Å². The first kappa shape index (κ1) is 13.1. The number of nitrogens with zero attached hydrogens (tertiary/aromatic N) is 1. The molecular weight excluding hydrogens is 274 g/mol. The zero-order valence-corrected chi connectivity index (χ0v) is 12.4. The molecule has 3 atom stereocenters. The van der Waals surface area contributed by atoms with Crippen LogP contribution in [0.15, 0.2) is 42.0 Å². The predicted octanol–water partition coefficient (Wildman–Crippen LogP) is 4.88. The van der Waals surface area contributed by atoms with Gasteiger partial charge >= 0.3 is 0 Å². The number of halogens is 1. The minimum absolute atomic E-state index is 0.321. The van der Waals surface area contributed by atoms with Gasteiger partial charge in [-0.1, -0.05) is 30.3 Å². The van der Waals surface area contributed by atoms with E-state index in [0.29, 0.717) is 17.2 Å². The number of thiazole rings is 1. The van der Waals surface area contributed by atoms with E-state index in [-0.39, 0.29) is 0 Å². The average molecular weight is 292 g/mol.